The van der Waals surface area contributed by atoms with Crippen LogP contribution in [-0.4, -0.2) is 31.9 Å². The highest BCUT2D eigenvalue weighted by Gasteiger charge is 2.40. The Hall–Kier alpha value is -3.49. The molecule has 6 nitrogen and oxygen atoms in total. The molecule has 0 aliphatic heterocycles. The molecule has 196 valence electrons. The van der Waals surface area contributed by atoms with Gasteiger partial charge in [-0.05, 0) is 79.0 Å². The van der Waals surface area contributed by atoms with Crippen molar-refractivity contribution in [3.8, 4) is 5.75 Å². The van der Waals surface area contributed by atoms with Crippen LogP contribution in [0.3, 0.4) is 0 Å². The Balaban J connectivity index is 1.45. The van der Waals surface area contributed by atoms with Gasteiger partial charge in [0.05, 0.1) is 28.1 Å². The van der Waals surface area contributed by atoms with Gasteiger partial charge in [0, 0.05) is 34.6 Å². The number of benzene rings is 2. The normalized spacial score (nSPS) is 14.5. The van der Waals surface area contributed by atoms with Gasteiger partial charge in [0.15, 0.2) is 0 Å². The molecule has 4 aromatic rings. The van der Waals surface area contributed by atoms with Gasteiger partial charge in [-0.2, -0.15) is 0 Å². The molecule has 0 radical (unpaired) electrons. The van der Waals surface area contributed by atoms with Crippen LogP contribution >= 0.6 is 11.3 Å². The highest BCUT2D eigenvalue weighted by atomic mass is 32.1. The minimum atomic E-state index is -1.97. The van der Waals surface area contributed by atoms with Gasteiger partial charge in [-0.25, -0.2) is 0 Å². The maximum Gasteiger partial charge on any atom is 0.286 e. The van der Waals surface area contributed by atoms with E-state index in [0.717, 1.165) is 51.3 Å². The van der Waals surface area contributed by atoms with E-state index in [0.29, 0.717) is 10.4 Å². The van der Waals surface area contributed by atoms with Crippen LogP contribution in [-0.2, 0) is 10.9 Å². The third kappa shape index (κ3) is 4.98. The zero-order valence-electron chi connectivity index (χ0n) is 22.7. The van der Waals surface area contributed by atoms with Gasteiger partial charge < -0.3 is 14.6 Å². The van der Waals surface area contributed by atoms with E-state index in [1.54, 1.807) is 25.4 Å². The molecule has 0 spiro atoms. The van der Waals surface area contributed by atoms with Crippen molar-refractivity contribution in [1.82, 2.24) is 4.98 Å². The largest absolute Gasteiger partial charge is 0.497 e. The number of anilines is 2. The third-order valence-corrected chi connectivity index (χ3v) is 12.9. The molecule has 2 heterocycles. The van der Waals surface area contributed by atoms with Gasteiger partial charge in [0.25, 0.3) is 8.32 Å². The predicted octanol–water partition coefficient (Wildman–Crippen LogP) is 7.95. The van der Waals surface area contributed by atoms with Crippen LogP contribution in [0.4, 0.5) is 11.4 Å². The van der Waals surface area contributed by atoms with E-state index in [-0.39, 0.29) is 10.8 Å². The first kappa shape index (κ1) is 26.1. The fraction of sp³-hybridized carbons (Fsp3) is 0.300. The molecule has 0 atom stereocenters. The van der Waals surface area contributed by atoms with Crippen LogP contribution in [0.15, 0.2) is 66.1 Å². The molecule has 8 heteroatoms. The number of ether oxygens (including phenoxy) is 1. The van der Waals surface area contributed by atoms with E-state index < -0.39 is 8.32 Å². The highest BCUT2D eigenvalue weighted by Crippen LogP contribution is 2.40. The summed E-state index contributed by atoms with van der Waals surface area (Å²) in [6.07, 6.45) is 5.34. The second kappa shape index (κ2) is 10.00. The Bertz CT molecular complexity index is 1530. The molecular weight excluding hydrogens is 511 g/mol. The van der Waals surface area contributed by atoms with Crippen molar-refractivity contribution >= 4 is 52.6 Å². The van der Waals surface area contributed by atoms with Gasteiger partial charge in [0.1, 0.15) is 5.75 Å². The smallest absolute Gasteiger partial charge is 0.286 e. The summed E-state index contributed by atoms with van der Waals surface area (Å²) < 4.78 is 12.4. The van der Waals surface area contributed by atoms with Gasteiger partial charge in [0.2, 0.25) is 5.78 Å². The molecule has 2 aromatic carbocycles. The Labute approximate surface area is 228 Å². The van der Waals surface area contributed by atoms with E-state index in [9.17, 15) is 4.79 Å². The van der Waals surface area contributed by atoms with Crippen LogP contribution in [0.5, 0.6) is 5.75 Å². The van der Waals surface area contributed by atoms with Crippen molar-refractivity contribution in [2.75, 3.05) is 12.4 Å². The summed E-state index contributed by atoms with van der Waals surface area (Å²) in [6, 6.07) is 15.5. The zero-order chi connectivity index (χ0) is 27.1. The van der Waals surface area contributed by atoms with Crippen molar-refractivity contribution in [2.45, 2.75) is 51.7 Å². The van der Waals surface area contributed by atoms with Crippen LogP contribution in [0, 0.1) is 0 Å². The standard InChI is InChI=1S/C30H33N3O3SSi/c1-30(2,3)38(5,6)36-33-25-14-9-20-17-21(10-13-23(20)25)32-27-24-15-16-31-18-26(24)37-29(27)28(34)19-7-11-22(35-4)12-8-19/h7-8,10-13,15-18,32H,9,14H2,1-6H3/b33-25-. The first-order chi connectivity index (χ1) is 18.1. The Morgan fingerprint density at radius 1 is 1.08 bits per heavy atom. The minimum absolute atomic E-state index is 0.0327. The molecule has 0 unspecified atom stereocenters. The number of rotatable bonds is 7. The lowest BCUT2D eigenvalue weighted by Gasteiger charge is -2.33. The van der Waals surface area contributed by atoms with Crippen LogP contribution in [0.2, 0.25) is 18.1 Å². The predicted molar refractivity (Wildman–Crippen MR) is 159 cm³/mol. The van der Waals surface area contributed by atoms with E-state index in [1.807, 2.05) is 24.4 Å². The molecular formula is C30H33N3O3SSi. The molecule has 5 rings (SSSR count). The highest BCUT2D eigenvalue weighted by molar-refractivity contribution is 7.21. The van der Waals surface area contributed by atoms with Crippen LogP contribution < -0.4 is 10.1 Å². The monoisotopic (exact) mass is 543 g/mol. The summed E-state index contributed by atoms with van der Waals surface area (Å²) in [7, 11) is -0.352. The Morgan fingerprint density at radius 2 is 1.84 bits per heavy atom. The van der Waals surface area contributed by atoms with Crippen molar-refractivity contribution in [3.63, 3.8) is 0 Å². The van der Waals surface area contributed by atoms with E-state index in [1.165, 1.54) is 16.9 Å². The molecule has 0 fully saturated rings. The molecule has 0 bridgehead atoms. The molecule has 1 aliphatic rings. The lowest BCUT2D eigenvalue weighted by atomic mass is 10.1. The lowest BCUT2D eigenvalue weighted by Crippen LogP contribution is -2.39. The molecule has 0 amide bonds. The van der Waals surface area contributed by atoms with Crippen LogP contribution in [0.25, 0.3) is 10.1 Å². The maximum atomic E-state index is 13.6. The topological polar surface area (TPSA) is 72.8 Å². The number of carbonyl (C=O) groups is 1. The number of hydrogen-bond acceptors (Lipinski definition) is 7. The SMILES string of the molecule is COc1ccc(C(=O)c2sc3cnccc3c2Nc2ccc3c(c2)CC/C3=N/O[Si](C)(C)C(C)(C)C)cc1. The molecule has 1 aliphatic carbocycles. The molecule has 2 aromatic heterocycles. The number of nitrogens with one attached hydrogen (secondary N) is 1. The number of methoxy groups -OCH3 is 1. The first-order valence-electron chi connectivity index (χ1n) is 12.8. The number of carbonyl (C=O) groups excluding carboxylic acids is 1. The maximum absolute atomic E-state index is 13.6. The van der Waals surface area contributed by atoms with Gasteiger partial charge in [-0.1, -0.05) is 26.8 Å². The fourth-order valence-electron chi connectivity index (χ4n) is 4.20. The zero-order valence-corrected chi connectivity index (χ0v) is 24.5. The summed E-state index contributed by atoms with van der Waals surface area (Å²) in [4.78, 5) is 18.5. The second-order valence-electron chi connectivity index (χ2n) is 11.1. The molecule has 38 heavy (non-hydrogen) atoms. The van der Waals surface area contributed by atoms with Crippen LogP contribution in [0.1, 0.15) is 53.6 Å². The Morgan fingerprint density at radius 3 is 2.55 bits per heavy atom. The summed E-state index contributed by atoms with van der Waals surface area (Å²) in [5, 5.41) is 9.28. The number of nitrogens with zero attached hydrogens (tertiary/aromatic N) is 2. The van der Waals surface area contributed by atoms with E-state index >= 15 is 0 Å². The molecule has 0 saturated carbocycles. The summed E-state index contributed by atoms with van der Waals surface area (Å²) >= 11 is 1.46. The van der Waals surface area contributed by atoms with E-state index in [2.05, 4.69) is 67.5 Å². The average molecular weight is 544 g/mol. The summed E-state index contributed by atoms with van der Waals surface area (Å²) in [5.41, 5.74) is 5.75. The number of pyridine rings is 1. The first-order valence-corrected chi connectivity index (χ1v) is 16.5. The third-order valence-electron chi connectivity index (χ3n) is 7.56. The molecule has 1 N–H and O–H groups in total. The number of hydrogen-bond donors (Lipinski definition) is 1. The van der Waals surface area contributed by atoms with Crippen molar-refractivity contribution in [1.29, 1.82) is 0 Å². The van der Waals surface area contributed by atoms with Gasteiger partial charge in [-0.3, -0.25) is 9.78 Å². The number of fused-ring (bicyclic) bond motifs is 2. The number of oxime groups is 1. The summed E-state index contributed by atoms with van der Waals surface area (Å²) in [6.45, 7) is 11.1. The number of ketones is 1. The Kier molecular flexibility index (Phi) is 6.87. The number of aromatic nitrogens is 1. The minimum Gasteiger partial charge on any atom is -0.497 e. The van der Waals surface area contributed by atoms with Crippen molar-refractivity contribution in [2.24, 2.45) is 5.16 Å². The summed E-state index contributed by atoms with van der Waals surface area (Å²) in [5.74, 6) is 0.686. The number of thiophene rings is 1. The van der Waals surface area contributed by atoms with E-state index in [4.69, 9.17) is 9.26 Å². The van der Waals surface area contributed by atoms with Crippen molar-refractivity contribution in [3.05, 3.63) is 82.5 Å². The van der Waals surface area contributed by atoms with Gasteiger partial charge >= 0.3 is 0 Å². The second-order valence-corrected chi connectivity index (χ2v) is 16.9. The van der Waals surface area contributed by atoms with Gasteiger partial charge in [-0.15, -0.1) is 16.5 Å². The average Bonchev–Trinajstić information content (AvgIpc) is 3.47. The molecule has 0 saturated heterocycles. The quantitative estimate of drug-likeness (QED) is 0.145. The number of aryl methyl sites for hydroxylation is 1. The van der Waals surface area contributed by atoms with Crippen molar-refractivity contribution < 1.29 is 14.1 Å². The lowest BCUT2D eigenvalue weighted by molar-refractivity contribution is 0.104. The fourth-order valence-corrected chi connectivity index (χ4v) is 5.90.